The Bertz CT molecular complexity index is 543. The van der Waals surface area contributed by atoms with Crippen molar-refractivity contribution in [2.24, 2.45) is 5.92 Å². The number of aliphatic hydroxyl groups is 1. The molecule has 0 radical (unpaired) electrons. The van der Waals surface area contributed by atoms with Crippen molar-refractivity contribution < 1.29 is 9.90 Å². The summed E-state index contributed by atoms with van der Waals surface area (Å²) in [7, 11) is 0. The van der Waals surface area contributed by atoms with E-state index < -0.39 is 12.0 Å². The van der Waals surface area contributed by atoms with E-state index in [9.17, 15) is 9.90 Å². The van der Waals surface area contributed by atoms with E-state index in [4.69, 9.17) is 0 Å². The van der Waals surface area contributed by atoms with Gasteiger partial charge in [0.2, 0.25) is 5.91 Å². The van der Waals surface area contributed by atoms with Crippen molar-refractivity contribution in [3.63, 3.8) is 0 Å². The molecule has 2 aromatic rings. The summed E-state index contributed by atoms with van der Waals surface area (Å²) in [5.41, 5.74) is 1.63. The first-order chi connectivity index (χ1) is 10.6. The highest BCUT2D eigenvalue weighted by molar-refractivity contribution is 6.01. The number of anilines is 2. The van der Waals surface area contributed by atoms with Crippen molar-refractivity contribution >= 4 is 17.3 Å². The largest absolute Gasteiger partial charge is 0.392 e. The smallest absolute Gasteiger partial charge is 0.236 e. The lowest BCUT2D eigenvalue weighted by Crippen LogP contribution is -2.37. The van der Waals surface area contributed by atoms with Crippen LogP contribution in [0.25, 0.3) is 0 Å². The molecule has 0 aliphatic heterocycles. The maximum atomic E-state index is 12.9. The third-order valence-electron chi connectivity index (χ3n) is 3.80. The Hall–Kier alpha value is -2.13. The number of nitrogens with zero attached hydrogens (tertiary/aromatic N) is 1. The van der Waals surface area contributed by atoms with Crippen LogP contribution in [-0.2, 0) is 4.79 Å². The summed E-state index contributed by atoms with van der Waals surface area (Å²) >= 11 is 0. The maximum Gasteiger partial charge on any atom is 0.236 e. The highest BCUT2D eigenvalue weighted by Crippen LogP contribution is 2.28. The quantitative estimate of drug-likeness (QED) is 0.870. The van der Waals surface area contributed by atoms with Crippen LogP contribution in [0.5, 0.6) is 0 Å². The first-order valence-corrected chi connectivity index (χ1v) is 7.77. The van der Waals surface area contributed by atoms with Gasteiger partial charge in [0, 0.05) is 11.4 Å². The molecule has 0 aliphatic carbocycles. The van der Waals surface area contributed by atoms with Crippen LogP contribution in [0, 0.1) is 5.92 Å². The van der Waals surface area contributed by atoms with Crippen molar-refractivity contribution in [3.05, 3.63) is 60.7 Å². The Morgan fingerprint density at radius 3 is 1.86 bits per heavy atom. The zero-order valence-corrected chi connectivity index (χ0v) is 13.1. The summed E-state index contributed by atoms with van der Waals surface area (Å²) in [5, 5.41) is 10.2. The predicted molar refractivity (Wildman–Crippen MR) is 90.1 cm³/mol. The highest BCUT2D eigenvalue weighted by Gasteiger charge is 2.28. The molecule has 2 rings (SSSR count). The van der Waals surface area contributed by atoms with Gasteiger partial charge < -0.3 is 5.11 Å². The van der Waals surface area contributed by atoms with Crippen molar-refractivity contribution in [1.82, 2.24) is 0 Å². The van der Waals surface area contributed by atoms with Crippen LogP contribution >= 0.6 is 0 Å². The second-order valence-electron chi connectivity index (χ2n) is 5.49. The molecule has 0 saturated heterocycles. The number of carbonyl (C=O) groups excluding carboxylic acids is 1. The lowest BCUT2D eigenvalue weighted by atomic mass is 9.98. The first-order valence-electron chi connectivity index (χ1n) is 7.77. The molecule has 0 bridgehead atoms. The van der Waals surface area contributed by atoms with Crippen molar-refractivity contribution in [2.75, 3.05) is 4.90 Å². The predicted octanol–water partition coefficient (Wildman–Crippen LogP) is 4.15. The molecule has 0 saturated carbocycles. The van der Waals surface area contributed by atoms with Gasteiger partial charge in [0.25, 0.3) is 0 Å². The SMILES string of the molecule is CCC[C@H](O)[C@H](C)C(=O)N(c1ccccc1)c1ccccc1. The minimum Gasteiger partial charge on any atom is -0.392 e. The van der Waals surface area contributed by atoms with Crippen LogP contribution in [0.4, 0.5) is 11.4 Å². The summed E-state index contributed by atoms with van der Waals surface area (Å²) in [6.07, 6.45) is 0.868. The second kappa shape index (κ2) is 7.76. The summed E-state index contributed by atoms with van der Waals surface area (Å²) in [4.78, 5) is 14.6. The summed E-state index contributed by atoms with van der Waals surface area (Å²) in [6.45, 7) is 3.80. The van der Waals surface area contributed by atoms with E-state index >= 15 is 0 Å². The molecule has 0 unspecified atom stereocenters. The van der Waals surface area contributed by atoms with Gasteiger partial charge in [-0.05, 0) is 30.7 Å². The number of hydrogen-bond donors (Lipinski definition) is 1. The van der Waals surface area contributed by atoms with E-state index in [0.29, 0.717) is 6.42 Å². The van der Waals surface area contributed by atoms with Crippen LogP contribution in [0.1, 0.15) is 26.7 Å². The molecule has 116 valence electrons. The van der Waals surface area contributed by atoms with Crippen LogP contribution in [0.2, 0.25) is 0 Å². The Kier molecular flexibility index (Phi) is 5.73. The minimum absolute atomic E-state index is 0.0849. The highest BCUT2D eigenvalue weighted by atomic mass is 16.3. The summed E-state index contributed by atoms with van der Waals surface area (Å²) < 4.78 is 0. The Morgan fingerprint density at radius 1 is 1.00 bits per heavy atom. The van der Waals surface area contributed by atoms with E-state index in [-0.39, 0.29) is 5.91 Å². The lowest BCUT2D eigenvalue weighted by molar-refractivity contribution is -0.124. The minimum atomic E-state index is -0.618. The number of amides is 1. The molecule has 2 aromatic carbocycles. The molecule has 0 heterocycles. The fourth-order valence-electron chi connectivity index (χ4n) is 2.47. The van der Waals surface area contributed by atoms with E-state index in [2.05, 4.69) is 0 Å². The summed E-state index contributed by atoms with van der Waals surface area (Å²) in [5.74, 6) is -0.529. The zero-order chi connectivity index (χ0) is 15.9. The third-order valence-corrected chi connectivity index (χ3v) is 3.80. The first kappa shape index (κ1) is 16.2. The second-order valence-corrected chi connectivity index (χ2v) is 5.49. The molecule has 3 nitrogen and oxygen atoms in total. The molecule has 22 heavy (non-hydrogen) atoms. The summed E-state index contributed by atoms with van der Waals surface area (Å²) in [6, 6.07) is 19.1. The van der Waals surface area contributed by atoms with Crippen LogP contribution < -0.4 is 4.90 Å². The average molecular weight is 297 g/mol. The van der Waals surface area contributed by atoms with Gasteiger partial charge in [-0.3, -0.25) is 9.69 Å². The molecule has 0 aromatic heterocycles. The van der Waals surface area contributed by atoms with Gasteiger partial charge in [0.15, 0.2) is 0 Å². The van der Waals surface area contributed by atoms with Crippen molar-refractivity contribution in [2.45, 2.75) is 32.8 Å². The van der Waals surface area contributed by atoms with Crippen molar-refractivity contribution in [3.8, 4) is 0 Å². The normalized spacial score (nSPS) is 13.4. The molecule has 3 heteroatoms. The Morgan fingerprint density at radius 2 is 1.45 bits per heavy atom. The molecular formula is C19H23NO2. The lowest BCUT2D eigenvalue weighted by Gasteiger charge is -2.28. The Labute approximate surface area is 132 Å². The van der Waals surface area contributed by atoms with Crippen LogP contribution in [0.15, 0.2) is 60.7 Å². The number of para-hydroxylation sites is 2. The van der Waals surface area contributed by atoms with Crippen LogP contribution in [-0.4, -0.2) is 17.1 Å². The van der Waals surface area contributed by atoms with Crippen LogP contribution in [0.3, 0.4) is 0 Å². The molecule has 0 aliphatic rings. The average Bonchev–Trinajstić information content (AvgIpc) is 2.56. The van der Waals surface area contributed by atoms with E-state index in [1.807, 2.05) is 67.6 Å². The Balaban J connectivity index is 2.35. The third kappa shape index (κ3) is 3.74. The van der Waals surface area contributed by atoms with Gasteiger partial charge in [-0.1, -0.05) is 56.7 Å². The van der Waals surface area contributed by atoms with Gasteiger partial charge in [0.05, 0.1) is 12.0 Å². The number of hydrogen-bond acceptors (Lipinski definition) is 2. The molecular weight excluding hydrogens is 274 g/mol. The fraction of sp³-hybridized carbons (Fsp3) is 0.316. The molecule has 1 amide bonds. The van der Waals surface area contributed by atoms with Gasteiger partial charge in [0.1, 0.15) is 0 Å². The fourth-order valence-corrected chi connectivity index (χ4v) is 2.47. The molecule has 0 spiro atoms. The topological polar surface area (TPSA) is 40.5 Å². The van der Waals surface area contributed by atoms with Gasteiger partial charge in [-0.25, -0.2) is 0 Å². The number of rotatable bonds is 6. The number of aliphatic hydroxyl groups excluding tert-OH is 1. The van der Waals surface area contributed by atoms with E-state index in [0.717, 1.165) is 17.8 Å². The number of benzene rings is 2. The van der Waals surface area contributed by atoms with E-state index in [1.54, 1.807) is 11.8 Å². The van der Waals surface area contributed by atoms with Gasteiger partial charge >= 0.3 is 0 Å². The molecule has 2 atom stereocenters. The zero-order valence-electron chi connectivity index (χ0n) is 13.1. The number of carbonyl (C=O) groups is 1. The van der Waals surface area contributed by atoms with Gasteiger partial charge in [-0.15, -0.1) is 0 Å². The molecule has 0 fully saturated rings. The standard InChI is InChI=1S/C19H23NO2/c1-3-10-18(21)15(2)19(22)20(16-11-6-4-7-12-16)17-13-8-5-9-14-17/h4-9,11-15,18,21H,3,10H2,1-2H3/t15-,18-/m0/s1. The van der Waals surface area contributed by atoms with E-state index in [1.165, 1.54) is 0 Å². The van der Waals surface area contributed by atoms with Crippen molar-refractivity contribution in [1.29, 1.82) is 0 Å². The monoisotopic (exact) mass is 297 g/mol. The van der Waals surface area contributed by atoms with Gasteiger partial charge in [-0.2, -0.15) is 0 Å². The molecule has 1 N–H and O–H groups in total. The maximum absolute atomic E-state index is 12.9.